The van der Waals surface area contributed by atoms with Crippen LogP contribution < -0.4 is 0 Å². The molecule has 28 heavy (non-hydrogen) atoms. The number of ether oxygens (including phenoxy) is 1. The molecule has 0 amide bonds. The van der Waals surface area contributed by atoms with E-state index in [1.165, 1.54) is 5.56 Å². The monoisotopic (exact) mass is 379 g/mol. The van der Waals surface area contributed by atoms with Gasteiger partial charge in [0.15, 0.2) is 0 Å². The maximum atomic E-state index is 12.3. The molecular formula is C24H29NO3. The van der Waals surface area contributed by atoms with Crippen molar-refractivity contribution in [1.29, 1.82) is 0 Å². The summed E-state index contributed by atoms with van der Waals surface area (Å²) in [5.41, 5.74) is 2.73. The number of fused-ring (bicyclic) bond motifs is 1. The van der Waals surface area contributed by atoms with Gasteiger partial charge in [-0.2, -0.15) is 0 Å². The molecule has 2 aromatic carbocycles. The number of benzene rings is 2. The van der Waals surface area contributed by atoms with Crippen molar-refractivity contribution >= 4 is 17.0 Å². The van der Waals surface area contributed by atoms with Crippen LogP contribution in [-0.2, 0) is 17.6 Å². The number of carbonyl (C=O) groups excluding carboxylic acids is 1. The van der Waals surface area contributed by atoms with Gasteiger partial charge >= 0.3 is 6.09 Å². The first-order chi connectivity index (χ1) is 13.3. The third-order valence-electron chi connectivity index (χ3n) is 4.72. The Hall–Kier alpha value is -2.59. The lowest BCUT2D eigenvalue weighted by atomic mass is 10.0. The lowest BCUT2D eigenvalue weighted by Gasteiger charge is -2.19. The number of aliphatic hydroxyl groups is 1. The number of nitrogens with zero attached hydrogens (tertiary/aromatic N) is 1. The van der Waals surface area contributed by atoms with E-state index in [-0.39, 0.29) is 12.2 Å². The van der Waals surface area contributed by atoms with Gasteiger partial charge in [0, 0.05) is 11.6 Å². The van der Waals surface area contributed by atoms with Gasteiger partial charge in [0.1, 0.15) is 5.60 Å². The summed E-state index contributed by atoms with van der Waals surface area (Å²) in [4.78, 5) is 12.3. The topological polar surface area (TPSA) is 51.5 Å². The van der Waals surface area contributed by atoms with E-state index in [9.17, 15) is 9.90 Å². The van der Waals surface area contributed by atoms with Crippen molar-refractivity contribution in [3.63, 3.8) is 0 Å². The van der Waals surface area contributed by atoms with Crippen LogP contribution in [0, 0.1) is 0 Å². The molecule has 0 bridgehead atoms. The Labute approximate surface area is 166 Å². The summed E-state index contributed by atoms with van der Waals surface area (Å²) < 4.78 is 6.99. The minimum Gasteiger partial charge on any atom is -0.443 e. The largest absolute Gasteiger partial charge is 0.443 e. The maximum absolute atomic E-state index is 12.3. The van der Waals surface area contributed by atoms with Gasteiger partial charge in [-0.3, -0.25) is 4.57 Å². The molecule has 1 unspecified atom stereocenters. The molecule has 0 saturated heterocycles. The van der Waals surface area contributed by atoms with Crippen LogP contribution in [-0.4, -0.2) is 27.5 Å². The van der Waals surface area contributed by atoms with E-state index in [1.54, 1.807) is 10.8 Å². The number of carbonyl (C=O) groups is 1. The maximum Gasteiger partial charge on any atom is 0.418 e. The minimum absolute atomic E-state index is 0.317. The van der Waals surface area contributed by atoms with E-state index in [4.69, 9.17) is 4.74 Å². The van der Waals surface area contributed by atoms with E-state index in [2.05, 4.69) is 18.2 Å². The average Bonchev–Trinajstić information content (AvgIpc) is 3.07. The molecule has 1 aromatic heterocycles. The van der Waals surface area contributed by atoms with E-state index in [1.807, 2.05) is 57.2 Å². The summed E-state index contributed by atoms with van der Waals surface area (Å²) in [7, 11) is 0. The molecular weight excluding hydrogens is 350 g/mol. The van der Waals surface area contributed by atoms with Gasteiger partial charge in [-0.15, -0.1) is 0 Å². The molecule has 0 spiro atoms. The van der Waals surface area contributed by atoms with Crippen LogP contribution in [0.25, 0.3) is 10.9 Å². The Balaban J connectivity index is 1.58. The number of hydrogen-bond donors (Lipinski definition) is 1. The molecule has 0 aliphatic heterocycles. The van der Waals surface area contributed by atoms with Gasteiger partial charge in [0.25, 0.3) is 0 Å². The molecule has 0 saturated carbocycles. The van der Waals surface area contributed by atoms with Crippen molar-refractivity contribution in [2.24, 2.45) is 0 Å². The Morgan fingerprint density at radius 2 is 1.68 bits per heavy atom. The molecule has 3 rings (SSSR count). The van der Waals surface area contributed by atoms with Crippen LogP contribution >= 0.6 is 0 Å². The highest BCUT2D eigenvalue weighted by atomic mass is 16.6. The molecule has 148 valence electrons. The van der Waals surface area contributed by atoms with E-state index in [0.29, 0.717) is 0 Å². The molecule has 0 aliphatic rings. The lowest BCUT2D eigenvalue weighted by molar-refractivity contribution is 0.0544. The standard InChI is InChI=1S/C24H29NO3/c1-24(2,3)28-23(27)25-16-15-20-17-19(11-14-22(20)25)10-13-21(26)12-9-18-7-5-4-6-8-18/h4-8,11,14-17,21,26H,9-10,12-13H2,1-3H3. The number of hydrogen-bond acceptors (Lipinski definition) is 3. The van der Waals surface area contributed by atoms with Crippen LogP contribution in [0.4, 0.5) is 4.79 Å². The predicted molar refractivity (Wildman–Crippen MR) is 113 cm³/mol. The molecule has 3 aromatic rings. The number of aliphatic hydroxyl groups excluding tert-OH is 1. The number of aromatic nitrogens is 1. The second-order valence-corrected chi connectivity index (χ2v) is 8.28. The molecule has 1 N–H and O–H groups in total. The summed E-state index contributed by atoms with van der Waals surface area (Å²) in [6.07, 6.45) is 4.25. The third-order valence-corrected chi connectivity index (χ3v) is 4.72. The molecule has 4 nitrogen and oxygen atoms in total. The molecule has 1 atom stereocenters. The summed E-state index contributed by atoms with van der Waals surface area (Å²) >= 11 is 0. The van der Waals surface area contributed by atoms with Crippen LogP contribution in [0.2, 0.25) is 0 Å². The quantitative estimate of drug-likeness (QED) is 0.628. The fourth-order valence-corrected chi connectivity index (χ4v) is 3.27. The summed E-state index contributed by atoms with van der Waals surface area (Å²) in [6.45, 7) is 5.58. The molecule has 0 fully saturated rings. The fraction of sp³-hybridized carbons (Fsp3) is 0.375. The molecule has 1 heterocycles. The van der Waals surface area contributed by atoms with Gasteiger partial charge in [-0.1, -0.05) is 36.4 Å². The number of aryl methyl sites for hydroxylation is 2. The van der Waals surface area contributed by atoms with Crippen LogP contribution in [0.1, 0.15) is 44.7 Å². The summed E-state index contributed by atoms with van der Waals surface area (Å²) in [5, 5.41) is 11.3. The highest BCUT2D eigenvalue weighted by Gasteiger charge is 2.19. The second-order valence-electron chi connectivity index (χ2n) is 8.28. The van der Waals surface area contributed by atoms with E-state index < -0.39 is 5.60 Å². The molecule has 4 heteroatoms. The lowest BCUT2D eigenvalue weighted by Crippen LogP contribution is -2.26. The normalized spacial score (nSPS) is 12.9. The van der Waals surface area contributed by atoms with E-state index in [0.717, 1.165) is 42.1 Å². The minimum atomic E-state index is -0.524. The van der Waals surface area contributed by atoms with Crippen molar-refractivity contribution in [2.45, 2.75) is 58.2 Å². The summed E-state index contributed by atoms with van der Waals surface area (Å²) in [5.74, 6) is 0. The highest BCUT2D eigenvalue weighted by molar-refractivity contribution is 5.89. The number of rotatable bonds is 6. The van der Waals surface area contributed by atoms with Gasteiger partial charge in [-0.25, -0.2) is 4.79 Å². The zero-order valence-corrected chi connectivity index (χ0v) is 16.9. The molecule has 0 aliphatic carbocycles. The Bertz CT molecular complexity index is 922. The summed E-state index contributed by atoms with van der Waals surface area (Å²) in [6, 6.07) is 18.2. The Kier molecular flexibility index (Phi) is 6.20. The molecule has 0 radical (unpaired) electrons. The van der Waals surface area contributed by atoms with Crippen molar-refractivity contribution < 1.29 is 14.6 Å². The average molecular weight is 380 g/mol. The highest BCUT2D eigenvalue weighted by Crippen LogP contribution is 2.21. The second kappa shape index (κ2) is 8.61. The van der Waals surface area contributed by atoms with Crippen molar-refractivity contribution in [2.75, 3.05) is 0 Å². The van der Waals surface area contributed by atoms with Gasteiger partial charge in [0.05, 0.1) is 11.6 Å². The van der Waals surface area contributed by atoms with Crippen molar-refractivity contribution in [3.8, 4) is 0 Å². The van der Waals surface area contributed by atoms with Crippen molar-refractivity contribution in [3.05, 3.63) is 71.9 Å². The van der Waals surface area contributed by atoms with Gasteiger partial charge < -0.3 is 9.84 Å². The predicted octanol–water partition coefficient (Wildman–Crippen LogP) is 5.35. The van der Waals surface area contributed by atoms with Crippen LogP contribution in [0.15, 0.2) is 60.8 Å². The van der Waals surface area contributed by atoms with Gasteiger partial charge in [0.2, 0.25) is 0 Å². The first kappa shape index (κ1) is 20.2. The van der Waals surface area contributed by atoms with Crippen molar-refractivity contribution in [1.82, 2.24) is 4.57 Å². The zero-order chi connectivity index (χ0) is 20.1. The first-order valence-electron chi connectivity index (χ1n) is 9.87. The third kappa shape index (κ3) is 5.46. The zero-order valence-electron chi connectivity index (χ0n) is 16.9. The first-order valence-corrected chi connectivity index (χ1v) is 9.87. The Morgan fingerprint density at radius 1 is 1.00 bits per heavy atom. The van der Waals surface area contributed by atoms with Gasteiger partial charge in [-0.05, 0) is 75.8 Å². The van der Waals surface area contributed by atoms with Crippen LogP contribution in [0.5, 0.6) is 0 Å². The smallest absolute Gasteiger partial charge is 0.418 e. The van der Waals surface area contributed by atoms with Crippen LogP contribution in [0.3, 0.4) is 0 Å². The SMILES string of the molecule is CC(C)(C)OC(=O)n1ccc2cc(CCC(O)CCc3ccccc3)ccc21. The van der Waals surface area contributed by atoms with E-state index >= 15 is 0 Å². The Morgan fingerprint density at radius 3 is 2.36 bits per heavy atom. The fourth-order valence-electron chi connectivity index (χ4n) is 3.27.